The Morgan fingerprint density at radius 1 is 1.03 bits per heavy atom. The molecule has 1 aliphatic heterocycles. The van der Waals surface area contributed by atoms with Gasteiger partial charge in [0.15, 0.2) is 11.5 Å². The van der Waals surface area contributed by atoms with E-state index < -0.39 is 0 Å². The van der Waals surface area contributed by atoms with Gasteiger partial charge >= 0.3 is 0 Å². The molecular weight excluding hydrogens is 382 g/mol. The highest BCUT2D eigenvalue weighted by Gasteiger charge is 2.13. The van der Waals surface area contributed by atoms with Crippen molar-refractivity contribution in [2.75, 3.05) is 13.2 Å². The smallest absolute Gasteiger partial charge is 0.267 e. The number of fused-ring (bicyclic) bond motifs is 1. The maximum absolute atomic E-state index is 12.3. The Bertz CT molecular complexity index is 1110. The fraction of sp³-hybridized carbons (Fsp3) is 0.261. The van der Waals surface area contributed by atoms with E-state index >= 15 is 0 Å². The first kappa shape index (κ1) is 19.7. The van der Waals surface area contributed by atoms with Crippen molar-refractivity contribution in [3.63, 3.8) is 0 Å². The van der Waals surface area contributed by atoms with Gasteiger partial charge in [0.25, 0.3) is 5.56 Å². The van der Waals surface area contributed by atoms with Gasteiger partial charge in [0.05, 0.1) is 18.9 Å². The first-order valence-corrected chi connectivity index (χ1v) is 9.89. The standard InChI is InChI=1S/C23H23N3O4/c1-16-3-5-17(6-4-16)14-24-22(27)15-26-23(28)10-8-19(25-26)18-7-9-20-21(13-18)30-12-2-11-29-20/h3-10,13H,2,11-12,14-15H2,1H3,(H,24,27). The molecule has 0 radical (unpaired) electrons. The highest BCUT2D eigenvalue weighted by Crippen LogP contribution is 2.33. The summed E-state index contributed by atoms with van der Waals surface area (Å²) < 4.78 is 12.5. The van der Waals surface area contributed by atoms with Crippen LogP contribution in [-0.4, -0.2) is 28.9 Å². The van der Waals surface area contributed by atoms with Crippen molar-refractivity contribution in [1.29, 1.82) is 0 Å². The van der Waals surface area contributed by atoms with Crippen molar-refractivity contribution >= 4 is 5.91 Å². The van der Waals surface area contributed by atoms with E-state index in [0.29, 0.717) is 37.0 Å². The van der Waals surface area contributed by atoms with Crippen LogP contribution in [0.5, 0.6) is 11.5 Å². The number of aromatic nitrogens is 2. The Morgan fingerprint density at radius 3 is 2.60 bits per heavy atom. The fourth-order valence-electron chi connectivity index (χ4n) is 3.14. The van der Waals surface area contributed by atoms with Gasteiger partial charge in [0.2, 0.25) is 5.91 Å². The summed E-state index contributed by atoms with van der Waals surface area (Å²) in [5.74, 6) is 1.07. The van der Waals surface area contributed by atoms with Crippen LogP contribution in [0, 0.1) is 6.92 Å². The summed E-state index contributed by atoms with van der Waals surface area (Å²) in [4.78, 5) is 24.5. The lowest BCUT2D eigenvalue weighted by molar-refractivity contribution is -0.122. The zero-order valence-electron chi connectivity index (χ0n) is 16.8. The van der Waals surface area contributed by atoms with Crippen molar-refractivity contribution in [1.82, 2.24) is 15.1 Å². The maximum atomic E-state index is 12.3. The van der Waals surface area contributed by atoms with Crippen LogP contribution in [-0.2, 0) is 17.9 Å². The molecule has 1 aromatic heterocycles. The number of rotatable bonds is 5. The van der Waals surface area contributed by atoms with Crippen molar-refractivity contribution in [2.45, 2.75) is 26.4 Å². The molecule has 7 nitrogen and oxygen atoms in total. The molecule has 1 aliphatic rings. The second-order valence-corrected chi connectivity index (χ2v) is 7.19. The zero-order valence-corrected chi connectivity index (χ0v) is 16.8. The zero-order chi connectivity index (χ0) is 20.9. The number of carbonyl (C=O) groups is 1. The molecule has 0 fully saturated rings. The third kappa shape index (κ3) is 4.68. The van der Waals surface area contributed by atoms with Crippen LogP contribution < -0.4 is 20.3 Å². The number of benzene rings is 2. The number of ether oxygens (including phenoxy) is 2. The van der Waals surface area contributed by atoms with Gasteiger partial charge in [-0.3, -0.25) is 9.59 Å². The number of amides is 1. The molecule has 0 aliphatic carbocycles. The molecule has 4 rings (SSSR count). The summed E-state index contributed by atoms with van der Waals surface area (Å²) in [6, 6.07) is 16.5. The third-order valence-corrected chi connectivity index (χ3v) is 4.81. The molecule has 2 heterocycles. The van der Waals surface area contributed by atoms with E-state index in [9.17, 15) is 9.59 Å². The molecule has 7 heteroatoms. The van der Waals surface area contributed by atoms with E-state index in [1.165, 1.54) is 10.7 Å². The molecule has 3 aromatic rings. The summed E-state index contributed by atoms with van der Waals surface area (Å²) in [5, 5.41) is 7.19. The molecule has 2 aromatic carbocycles. The minimum Gasteiger partial charge on any atom is -0.490 e. The Hall–Kier alpha value is -3.61. The Kier molecular flexibility index (Phi) is 5.79. The highest BCUT2D eigenvalue weighted by molar-refractivity contribution is 5.75. The van der Waals surface area contributed by atoms with Gasteiger partial charge in [-0.2, -0.15) is 5.10 Å². The Morgan fingerprint density at radius 2 is 1.80 bits per heavy atom. The van der Waals surface area contributed by atoms with E-state index in [2.05, 4.69) is 10.4 Å². The lowest BCUT2D eigenvalue weighted by Gasteiger charge is -2.11. The summed E-state index contributed by atoms with van der Waals surface area (Å²) >= 11 is 0. The van der Waals surface area contributed by atoms with E-state index in [0.717, 1.165) is 23.1 Å². The first-order chi connectivity index (χ1) is 14.6. The molecule has 0 atom stereocenters. The number of carbonyl (C=O) groups excluding carboxylic acids is 1. The average Bonchev–Trinajstić information content (AvgIpc) is 3.00. The van der Waals surface area contributed by atoms with Gasteiger partial charge in [-0.05, 0) is 36.8 Å². The van der Waals surface area contributed by atoms with Gasteiger partial charge in [-0.15, -0.1) is 0 Å². The number of nitrogens with zero attached hydrogens (tertiary/aromatic N) is 2. The largest absolute Gasteiger partial charge is 0.490 e. The van der Waals surface area contributed by atoms with Crippen molar-refractivity contribution in [3.05, 3.63) is 76.1 Å². The first-order valence-electron chi connectivity index (χ1n) is 9.89. The normalized spacial score (nSPS) is 12.8. The number of hydrogen-bond acceptors (Lipinski definition) is 5. The molecule has 154 valence electrons. The van der Waals surface area contributed by atoms with Gasteiger partial charge in [-0.25, -0.2) is 4.68 Å². The monoisotopic (exact) mass is 405 g/mol. The molecule has 0 bridgehead atoms. The van der Waals surface area contributed by atoms with Crippen molar-refractivity contribution < 1.29 is 14.3 Å². The molecule has 0 unspecified atom stereocenters. The molecule has 30 heavy (non-hydrogen) atoms. The van der Waals surface area contributed by atoms with Crippen molar-refractivity contribution in [3.8, 4) is 22.8 Å². The third-order valence-electron chi connectivity index (χ3n) is 4.81. The minimum absolute atomic E-state index is 0.150. The topological polar surface area (TPSA) is 82.5 Å². The molecular formula is C23H23N3O4. The molecule has 0 saturated carbocycles. The van der Waals surface area contributed by atoms with Crippen LogP contribution in [0.4, 0.5) is 0 Å². The average molecular weight is 405 g/mol. The molecule has 0 saturated heterocycles. The van der Waals surface area contributed by atoms with Crippen molar-refractivity contribution in [2.24, 2.45) is 0 Å². The van der Waals surface area contributed by atoms with Gasteiger partial charge in [-0.1, -0.05) is 29.8 Å². The Balaban J connectivity index is 1.48. The van der Waals surface area contributed by atoms with Gasteiger partial charge < -0.3 is 14.8 Å². The van der Waals surface area contributed by atoms with E-state index in [1.807, 2.05) is 49.4 Å². The fourth-order valence-corrected chi connectivity index (χ4v) is 3.14. The van der Waals surface area contributed by atoms with E-state index in [-0.39, 0.29) is 18.0 Å². The summed E-state index contributed by atoms with van der Waals surface area (Å²) in [6.45, 7) is 3.47. The van der Waals surface area contributed by atoms with E-state index in [1.54, 1.807) is 6.07 Å². The van der Waals surface area contributed by atoms with Crippen LogP contribution in [0.15, 0.2) is 59.4 Å². The summed E-state index contributed by atoms with van der Waals surface area (Å²) in [6.07, 6.45) is 0.824. The molecule has 1 amide bonds. The molecule has 1 N–H and O–H groups in total. The number of nitrogens with one attached hydrogen (secondary N) is 1. The van der Waals surface area contributed by atoms with Crippen LogP contribution in [0.3, 0.4) is 0 Å². The SMILES string of the molecule is Cc1ccc(CNC(=O)Cn2nc(-c3ccc4c(c3)OCCCO4)ccc2=O)cc1. The quantitative estimate of drug-likeness (QED) is 0.706. The summed E-state index contributed by atoms with van der Waals surface area (Å²) in [7, 11) is 0. The predicted molar refractivity (Wildman–Crippen MR) is 113 cm³/mol. The van der Waals surface area contributed by atoms with E-state index in [4.69, 9.17) is 9.47 Å². The highest BCUT2D eigenvalue weighted by atomic mass is 16.5. The van der Waals surface area contributed by atoms with Gasteiger partial charge in [0.1, 0.15) is 6.54 Å². The second-order valence-electron chi connectivity index (χ2n) is 7.19. The second kappa shape index (κ2) is 8.82. The van der Waals surface area contributed by atoms with Crippen LogP contribution >= 0.6 is 0 Å². The minimum atomic E-state index is -0.335. The van der Waals surface area contributed by atoms with Crippen LogP contribution in [0.25, 0.3) is 11.3 Å². The lowest BCUT2D eigenvalue weighted by Crippen LogP contribution is -2.33. The van der Waals surface area contributed by atoms with Crippen LogP contribution in [0.2, 0.25) is 0 Å². The number of aryl methyl sites for hydroxylation is 1. The number of hydrogen-bond donors (Lipinski definition) is 1. The Labute approximate surface area is 174 Å². The summed E-state index contributed by atoms with van der Waals surface area (Å²) in [5.41, 5.74) is 3.19. The maximum Gasteiger partial charge on any atom is 0.267 e. The molecule has 0 spiro atoms. The lowest BCUT2D eigenvalue weighted by atomic mass is 10.1. The van der Waals surface area contributed by atoms with Gasteiger partial charge in [0, 0.05) is 24.6 Å². The van der Waals surface area contributed by atoms with Crippen LogP contribution in [0.1, 0.15) is 17.5 Å². The predicted octanol–water partition coefficient (Wildman–Crippen LogP) is 2.70.